The lowest BCUT2D eigenvalue weighted by Crippen LogP contribution is -2.20. The summed E-state index contributed by atoms with van der Waals surface area (Å²) in [6, 6.07) is 5.08. The van der Waals surface area contributed by atoms with E-state index in [1.807, 2.05) is 0 Å². The van der Waals surface area contributed by atoms with Gasteiger partial charge >= 0.3 is 0 Å². The van der Waals surface area contributed by atoms with Crippen LogP contribution in [0.25, 0.3) is 0 Å². The summed E-state index contributed by atoms with van der Waals surface area (Å²) in [6.45, 7) is 1.64. The van der Waals surface area contributed by atoms with E-state index in [1.54, 1.807) is 25.1 Å². The number of carbonyl (C=O) groups excluding carboxylic acids is 2. The molecule has 0 fully saturated rings. The van der Waals surface area contributed by atoms with Gasteiger partial charge in [-0.25, -0.2) is 0 Å². The third-order valence-corrected chi connectivity index (χ3v) is 4.36. The molecule has 0 atom stereocenters. The zero-order valence-corrected chi connectivity index (χ0v) is 12.1. The number of fused-ring (bicyclic) bond motifs is 1. The molecule has 1 aliphatic carbocycles. The van der Waals surface area contributed by atoms with Crippen molar-refractivity contribution in [3.63, 3.8) is 0 Å². The first-order chi connectivity index (χ1) is 8.56. The van der Waals surface area contributed by atoms with Gasteiger partial charge in [-0.2, -0.15) is 0 Å². The van der Waals surface area contributed by atoms with Crippen LogP contribution in [0.3, 0.4) is 0 Å². The summed E-state index contributed by atoms with van der Waals surface area (Å²) < 4.78 is 0.772. The molecular weight excluding hydrogens is 316 g/mol. The number of hydrogen-bond acceptors (Lipinski definition) is 4. The Morgan fingerprint density at radius 2 is 1.94 bits per heavy atom. The largest absolute Gasteiger partial charge is 0.396 e. The highest BCUT2D eigenvalue weighted by atomic mass is 79.9. The van der Waals surface area contributed by atoms with E-state index < -0.39 is 0 Å². The molecule has 0 heterocycles. The number of allylic oxidation sites excluding steroid dienone is 2. The molecule has 1 aromatic carbocycles. The van der Waals surface area contributed by atoms with Crippen LogP contribution in [0.4, 0.5) is 0 Å². The summed E-state index contributed by atoms with van der Waals surface area (Å²) in [7, 11) is 0. The highest BCUT2D eigenvalue weighted by Crippen LogP contribution is 2.33. The van der Waals surface area contributed by atoms with Gasteiger partial charge in [0.05, 0.1) is 11.5 Å². The van der Waals surface area contributed by atoms with Gasteiger partial charge in [0.25, 0.3) is 0 Å². The number of Topliss-reactive ketones (excluding diaryl/α,β-unsaturated/α-hetero) is 2. The Bertz CT molecular complexity index is 563. The minimum atomic E-state index is -0.137. The van der Waals surface area contributed by atoms with Crippen LogP contribution in [0.15, 0.2) is 33.2 Å². The van der Waals surface area contributed by atoms with Gasteiger partial charge in [-0.05, 0) is 25.1 Å². The molecule has 0 bridgehead atoms. The molecule has 0 saturated heterocycles. The smallest absolute Gasteiger partial charge is 0.200 e. The number of thioether (sulfide) groups is 1. The fourth-order valence-electron chi connectivity index (χ4n) is 1.82. The van der Waals surface area contributed by atoms with Crippen LogP contribution in [0.1, 0.15) is 27.6 Å². The van der Waals surface area contributed by atoms with E-state index >= 15 is 0 Å². The van der Waals surface area contributed by atoms with Crippen LogP contribution in [0, 0.1) is 0 Å². The van der Waals surface area contributed by atoms with Gasteiger partial charge in [-0.3, -0.25) is 9.59 Å². The molecule has 1 aliphatic rings. The van der Waals surface area contributed by atoms with Gasteiger partial charge < -0.3 is 5.11 Å². The Morgan fingerprint density at radius 1 is 1.22 bits per heavy atom. The Hall–Kier alpha value is -0.910. The Morgan fingerprint density at radius 3 is 2.61 bits per heavy atom. The molecule has 1 N–H and O–H groups in total. The molecule has 0 spiro atoms. The van der Waals surface area contributed by atoms with E-state index in [0.717, 1.165) is 4.47 Å². The number of carbonyl (C=O) groups is 2. The number of aliphatic hydroxyl groups excluding tert-OH is 1. The Balaban J connectivity index is 2.50. The van der Waals surface area contributed by atoms with Crippen molar-refractivity contribution < 1.29 is 14.7 Å². The molecule has 5 heteroatoms. The van der Waals surface area contributed by atoms with Gasteiger partial charge in [0.1, 0.15) is 0 Å². The van der Waals surface area contributed by atoms with Crippen LogP contribution < -0.4 is 0 Å². The number of hydrogen-bond donors (Lipinski definition) is 1. The van der Waals surface area contributed by atoms with Crippen LogP contribution in [-0.4, -0.2) is 29.0 Å². The lowest BCUT2D eigenvalue weighted by Gasteiger charge is -2.18. The van der Waals surface area contributed by atoms with Gasteiger partial charge in [-0.1, -0.05) is 15.9 Å². The lowest BCUT2D eigenvalue weighted by atomic mass is 9.90. The van der Waals surface area contributed by atoms with Gasteiger partial charge in [0.2, 0.25) is 5.78 Å². The molecule has 0 unspecified atom stereocenters. The van der Waals surface area contributed by atoms with Crippen molar-refractivity contribution in [2.45, 2.75) is 6.92 Å². The molecule has 2 rings (SSSR count). The Kier molecular flexibility index (Phi) is 4.04. The molecule has 18 heavy (non-hydrogen) atoms. The van der Waals surface area contributed by atoms with E-state index in [-0.39, 0.29) is 18.2 Å². The van der Waals surface area contributed by atoms with Crippen molar-refractivity contribution in [2.24, 2.45) is 0 Å². The number of benzene rings is 1. The zero-order valence-electron chi connectivity index (χ0n) is 9.70. The van der Waals surface area contributed by atoms with Crippen molar-refractivity contribution in [2.75, 3.05) is 12.4 Å². The van der Waals surface area contributed by atoms with E-state index in [2.05, 4.69) is 15.9 Å². The number of aliphatic hydroxyl groups is 1. The quantitative estimate of drug-likeness (QED) is 0.928. The van der Waals surface area contributed by atoms with Crippen molar-refractivity contribution in [3.8, 4) is 0 Å². The number of ketones is 2. The minimum Gasteiger partial charge on any atom is -0.396 e. The second kappa shape index (κ2) is 5.38. The van der Waals surface area contributed by atoms with Crippen LogP contribution in [-0.2, 0) is 0 Å². The molecule has 0 aromatic heterocycles. The third-order valence-electron chi connectivity index (χ3n) is 2.70. The fraction of sp³-hybridized carbons (Fsp3) is 0.231. The average molecular weight is 327 g/mol. The zero-order chi connectivity index (χ0) is 13.3. The molecule has 0 aliphatic heterocycles. The molecular formula is C13H11BrO3S. The van der Waals surface area contributed by atoms with Crippen LogP contribution in [0.5, 0.6) is 0 Å². The second-order valence-corrected chi connectivity index (χ2v) is 5.90. The normalized spacial score (nSPS) is 15.1. The standard InChI is InChI=1S/C13H11BrO3S/c1-7-11(16)9-3-2-8(14)6-10(9)12(17)13(7)18-5-4-15/h2-3,6,15H,4-5H2,1H3. The molecule has 1 aromatic rings. The molecule has 94 valence electrons. The first-order valence-electron chi connectivity index (χ1n) is 5.39. The second-order valence-electron chi connectivity index (χ2n) is 3.87. The van der Waals surface area contributed by atoms with E-state index in [4.69, 9.17) is 5.11 Å². The predicted molar refractivity (Wildman–Crippen MR) is 75.0 cm³/mol. The fourth-order valence-corrected chi connectivity index (χ4v) is 3.03. The van der Waals surface area contributed by atoms with E-state index in [1.165, 1.54) is 11.8 Å². The maximum absolute atomic E-state index is 12.3. The van der Waals surface area contributed by atoms with Crippen molar-refractivity contribution in [3.05, 3.63) is 44.3 Å². The van der Waals surface area contributed by atoms with E-state index in [0.29, 0.717) is 27.4 Å². The van der Waals surface area contributed by atoms with E-state index in [9.17, 15) is 9.59 Å². The first-order valence-corrected chi connectivity index (χ1v) is 7.17. The Labute approximate surface area is 117 Å². The van der Waals surface area contributed by atoms with Gasteiger partial charge in [0.15, 0.2) is 5.78 Å². The molecule has 0 saturated carbocycles. The summed E-state index contributed by atoms with van der Waals surface area (Å²) in [6.07, 6.45) is 0. The highest BCUT2D eigenvalue weighted by molar-refractivity contribution is 9.10. The summed E-state index contributed by atoms with van der Waals surface area (Å²) in [5, 5.41) is 8.83. The molecule has 3 nitrogen and oxygen atoms in total. The topological polar surface area (TPSA) is 54.4 Å². The minimum absolute atomic E-state index is 0.0196. The van der Waals surface area contributed by atoms with Crippen molar-refractivity contribution >= 4 is 39.3 Å². The van der Waals surface area contributed by atoms with Crippen molar-refractivity contribution in [1.82, 2.24) is 0 Å². The van der Waals surface area contributed by atoms with Crippen LogP contribution in [0.2, 0.25) is 0 Å². The van der Waals surface area contributed by atoms with Crippen molar-refractivity contribution in [1.29, 1.82) is 0 Å². The molecule has 0 radical (unpaired) electrons. The highest BCUT2D eigenvalue weighted by Gasteiger charge is 2.30. The van der Waals surface area contributed by atoms with Gasteiger partial charge in [-0.15, -0.1) is 11.8 Å². The van der Waals surface area contributed by atoms with Gasteiger partial charge in [0, 0.05) is 26.9 Å². The summed E-state index contributed by atoms with van der Waals surface area (Å²) in [5.41, 5.74) is 1.35. The van der Waals surface area contributed by atoms with Crippen LogP contribution >= 0.6 is 27.7 Å². The lowest BCUT2D eigenvalue weighted by molar-refractivity contribution is 0.0981. The molecule has 0 amide bonds. The number of rotatable bonds is 3. The first kappa shape index (κ1) is 13.5. The third kappa shape index (κ3) is 2.30. The average Bonchev–Trinajstić information content (AvgIpc) is 2.36. The maximum Gasteiger partial charge on any atom is 0.200 e. The monoisotopic (exact) mass is 326 g/mol. The predicted octanol–water partition coefficient (Wildman–Crippen LogP) is 2.83. The summed E-state index contributed by atoms with van der Waals surface area (Å²) in [5.74, 6) is 0.161. The summed E-state index contributed by atoms with van der Waals surface area (Å²) in [4.78, 5) is 24.9. The number of halogens is 1. The maximum atomic E-state index is 12.3. The summed E-state index contributed by atoms with van der Waals surface area (Å²) >= 11 is 4.53. The SMILES string of the molecule is CC1=C(SCCO)C(=O)c2cc(Br)ccc2C1=O.